The van der Waals surface area contributed by atoms with Gasteiger partial charge in [-0.15, -0.1) is 0 Å². The van der Waals surface area contributed by atoms with Crippen molar-refractivity contribution in [3.05, 3.63) is 65.9 Å². The molecule has 1 atom stereocenters. The number of aliphatic carboxylic acids is 1. The van der Waals surface area contributed by atoms with Crippen molar-refractivity contribution in [2.24, 2.45) is 5.92 Å². The third-order valence-electron chi connectivity index (χ3n) is 5.46. The molecule has 0 bridgehead atoms. The van der Waals surface area contributed by atoms with Gasteiger partial charge < -0.3 is 14.4 Å². The van der Waals surface area contributed by atoms with Crippen LogP contribution in [-0.4, -0.2) is 37.4 Å². The molecule has 0 aliphatic rings. The van der Waals surface area contributed by atoms with Crippen LogP contribution in [0, 0.1) is 12.8 Å². The van der Waals surface area contributed by atoms with Crippen LogP contribution >= 0.6 is 0 Å². The summed E-state index contributed by atoms with van der Waals surface area (Å²) in [5, 5.41) is 9.86. The number of hydrogen-bond donors (Lipinski definition) is 1. The van der Waals surface area contributed by atoms with Crippen LogP contribution in [0.4, 0.5) is 0 Å². The minimum atomic E-state index is -3.31. The lowest BCUT2D eigenvalue weighted by Gasteiger charge is -2.17. The Balaban J connectivity index is 2.25. The van der Waals surface area contributed by atoms with E-state index in [1.807, 2.05) is 55.7 Å². The molecule has 1 N–H and O–H groups in total. The maximum absolute atomic E-state index is 12.0. The summed E-state index contributed by atoms with van der Waals surface area (Å²) in [5.41, 5.74) is 4.02. The fourth-order valence-electron chi connectivity index (χ4n) is 3.87. The zero-order valence-corrected chi connectivity index (χ0v) is 19.1. The maximum atomic E-state index is 12.0. The quantitative estimate of drug-likeness (QED) is 0.575. The first-order chi connectivity index (χ1) is 14.5. The molecular formula is C24H27NO5S. The minimum absolute atomic E-state index is 0.0941. The van der Waals surface area contributed by atoms with Crippen LogP contribution in [0.1, 0.15) is 31.0 Å². The van der Waals surface area contributed by atoms with Gasteiger partial charge in [-0.3, -0.25) is 4.79 Å². The largest absolute Gasteiger partial charge is 0.497 e. The van der Waals surface area contributed by atoms with Gasteiger partial charge >= 0.3 is 5.97 Å². The Labute approximate surface area is 183 Å². The average Bonchev–Trinajstić information content (AvgIpc) is 3.04. The van der Waals surface area contributed by atoms with Crippen LogP contribution in [0.3, 0.4) is 0 Å². The summed E-state index contributed by atoms with van der Waals surface area (Å²) in [4.78, 5) is 12.3. The summed E-state index contributed by atoms with van der Waals surface area (Å²) in [6.45, 7) is 5.69. The van der Waals surface area contributed by atoms with Crippen molar-refractivity contribution in [2.75, 3.05) is 13.4 Å². The molecule has 0 amide bonds. The second-order valence-electron chi connectivity index (χ2n) is 7.96. The summed E-state index contributed by atoms with van der Waals surface area (Å²) in [6, 6.07) is 16.1. The number of aromatic nitrogens is 1. The Morgan fingerprint density at radius 3 is 2.06 bits per heavy atom. The lowest BCUT2D eigenvalue weighted by atomic mass is 9.88. The van der Waals surface area contributed by atoms with E-state index in [-0.39, 0.29) is 10.8 Å². The van der Waals surface area contributed by atoms with Gasteiger partial charge in [0.2, 0.25) is 0 Å². The monoisotopic (exact) mass is 441 g/mol. The number of ether oxygens (including phenoxy) is 1. The average molecular weight is 442 g/mol. The first kappa shape index (κ1) is 22.6. The molecule has 7 heteroatoms. The van der Waals surface area contributed by atoms with Crippen LogP contribution in [0.25, 0.3) is 16.9 Å². The van der Waals surface area contributed by atoms with E-state index in [4.69, 9.17) is 4.74 Å². The summed E-state index contributed by atoms with van der Waals surface area (Å²) in [6.07, 6.45) is 1.17. The van der Waals surface area contributed by atoms with Crippen molar-refractivity contribution in [1.29, 1.82) is 0 Å². The van der Waals surface area contributed by atoms with E-state index < -0.39 is 21.7 Å². The van der Waals surface area contributed by atoms with Gasteiger partial charge in [-0.2, -0.15) is 0 Å². The van der Waals surface area contributed by atoms with Gasteiger partial charge in [0, 0.05) is 17.6 Å². The van der Waals surface area contributed by atoms with E-state index in [0.717, 1.165) is 34.0 Å². The Morgan fingerprint density at radius 2 is 1.61 bits per heavy atom. The van der Waals surface area contributed by atoms with Crippen LogP contribution in [-0.2, 0) is 14.6 Å². The second kappa shape index (κ2) is 8.59. The zero-order valence-electron chi connectivity index (χ0n) is 18.3. The Hall–Kier alpha value is -3.06. The molecule has 0 radical (unpaired) electrons. The third kappa shape index (κ3) is 4.51. The molecule has 1 unspecified atom stereocenters. The van der Waals surface area contributed by atoms with Crippen molar-refractivity contribution in [2.45, 2.75) is 31.6 Å². The second-order valence-corrected chi connectivity index (χ2v) is 9.98. The van der Waals surface area contributed by atoms with Crippen molar-refractivity contribution in [1.82, 2.24) is 4.57 Å². The van der Waals surface area contributed by atoms with Crippen molar-refractivity contribution >= 4 is 15.8 Å². The first-order valence-corrected chi connectivity index (χ1v) is 11.8. The van der Waals surface area contributed by atoms with Gasteiger partial charge in [0.1, 0.15) is 5.75 Å². The topological polar surface area (TPSA) is 85.6 Å². The summed E-state index contributed by atoms with van der Waals surface area (Å²) in [7, 11) is -1.71. The molecule has 0 aliphatic carbocycles. The molecule has 164 valence electrons. The summed E-state index contributed by atoms with van der Waals surface area (Å²) < 4.78 is 30.9. The SMILES string of the molecule is COc1ccc(-n2c(-c3ccc(S(C)(=O)=O)cc3)cc(C(C(=O)O)C(C)C)c2C)cc1. The summed E-state index contributed by atoms with van der Waals surface area (Å²) >= 11 is 0. The molecule has 1 aromatic heterocycles. The number of carboxylic acid groups (broad SMARTS) is 1. The minimum Gasteiger partial charge on any atom is -0.497 e. The number of carboxylic acids is 1. The zero-order chi connectivity index (χ0) is 22.9. The number of sulfone groups is 1. The van der Waals surface area contributed by atoms with Gasteiger partial charge in [-0.1, -0.05) is 26.0 Å². The smallest absolute Gasteiger partial charge is 0.311 e. The maximum Gasteiger partial charge on any atom is 0.311 e. The van der Waals surface area contributed by atoms with Crippen LogP contribution in [0.15, 0.2) is 59.5 Å². The van der Waals surface area contributed by atoms with Crippen LogP contribution in [0.2, 0.25) is 0 Å². The molecule has 3 rings (SSSR count). The van der Waals surface area contributed by atoms with E-state index in [2.05, 4.69) is 0 Å². The van der Waals surface area contributed by atoms with Crippen molar-refractivity contribution in [3.8, 4) is 22.7 Å². The first-order valence-electron chi connectivity index (χ1n) is 9.94. The molecule has 0 saturated heterocycles. The lowest BCUT2D eigenvalue weighted by molar-refractivity contribution is -0.139. The molecular weight excluding hydrogens is 414 g/mol. The molecule has 2 aromatic carbocycles. The Kier molecular flexibility index (Phi) is 6.27. The highest BCUT2D eigenvalue weighted by atomic mass is 32.2. The Bertz CT molecular complexity index is 1190. The van der Waals surface area contributed by atoms with E-state index in [9.17, 15) is 18.3 Å². The molecule has 1 heterocycles. The van der Waals surface area contributed by atoms with Gasteiger partial charge in [-0.25, -0.2) is 8.42 Å². The fraction of sp³-hybridized carbons (Fsp3) is 0.292. The molecule has 0 fully saturated rings. The van der Waals surface area contributed by atoms with Gasteiger partial charge in [-0.05, 0) is 66.4 Å². The van der Waals surface area contributed by atoms with Gasteiger partial charge in [0.05, 0.1) is 23.6 Å². The molecule has 3 aromatic rings. The molecule has 0 aliphatic heterocycles. The van der Waals surface area contributed by atoms with E-state index >= 15 is 0 Å². The van der Waals surface area contributed by atoms with E-state index in [1.165, 1.54) is 6.26 Å². The van der Waals surface area contributed by atoms with Crippen LogP contribution in [0.5, 0.6) is 5.75 Å². The van der Waals surface area contributed by atoms with Gasteiger partial charge in [0.25, 0.3) is 0 Å². The normalized spacial score (nSPS) is 12.7. The molecule has 6 nitrogen and oxygen atoms in total. The van der Waals surface area contributed by atoms with E-state index in [1.54, 1.807) is 31.4 Å². The highest BCUT2D eigenvalue weighted by molar-refractivity contribution is 7.90. The third-order valence-corrected chi connectivity index (χ3v) is 6.59. The number of rotatable bonds is 7. The van der Waals surface area contributed by atoms with Gasteiger partial charge in [0.15, 0.2) is 9.84 Å². The lowest BCUT2D eigenvalue weighted by Crippen LogP contribution is -2.18. The predicted octanol–water partition coefficient (Wildman–Crippen LogP) is 4.69. The highest BCUT2D eigenvalue weighted by Crippen LogP contribution is 2.36. The number of carbonyl (C=O) groups is 1. The van der Waals surface area contributed by atoms with Crippen molar-refractivity contribution < 1.29 is 23.1 Å². The predicted molar refractivity (Wildman–Crippen MR) is 121 cm³/mol. The van der Waals surface area contributed by atoms with Crippen LogP contribution < -0.4 is 4.74 Å². The summed E-state index contributed by atoms with van der Waals surface area (Å²) in [5.74, 6) is -0.903. The fourth-order valence-corrected chi connectivity index (χ4v) is 4.50. The van der Waals surface area contributed by atoms with Crippen molar-refractivity contribution in [3.63, 3.8) is 0 Å². The number of methoxy groups -OCH3 is 1. The standard InChI is InChI=1S/C24H27NO5S/c1-15(2)23(24(26)27)21-14-22(17-6-12-20(13-7-17)31(5,28)29)25(16(21)3)18-8-10-19(30-4)11-9-18/h6-15,23H,1-5H3,(H,26,27). The number of hydrogen-bond acceptors (Lipinski definition) is 4. The Morgan fingerprint density at radius 1 is 1.03 bits per heavy atom. The molecule has 0 spiro atoms. The molecule has 0 saturated carbocycles. The number of nitrogens with zero attached hydrogens (tertiary/aromatic N) is 1. The highest BCUT2D eigenvalue weighted by Gasteiger charge is 2.29. The number of benzene rings is 2. The van der Waals surface area contributed by atoms with E-state index in [0.29, 0.717) is 0 Å². The molecule has 31 heavy (non-hydrogen) atoms.